The standard InChI is InChI=1S/C16H19N3O4/c1-3-7-12(20)17-18-15(22)13-14(21)10-8-5-6-9-11(10)19(4-2)16(13)23/h5-6,8-9,21H,3-4,7H2,1-2H3,(H,17,20)(H,18,22). The van der Waals surface area contributed by atoms with Crippen LogP contribution in [0.3, 0.4) is 0 Å². The largest absolute Gasteiger partial charge is 0.506 e. The molecule has 7 heteroatoms. The first kappa shape index (κ1) is 16.5. The average Bonchev–Trinajstić information content (AvgIpc) is 2.54. The fourth-order valence-corrected chi connectivity index (χ4v) is 2.39. The smallest absolute Gasteiger partial charge is 0.279 e. The predicted octanol–water partition coefficient (Wildman–Crippen LogP) is 1.29. The zero-order valence-corrected chi connectivity index (χ0v) is 13.0. The summed E-state index contributed by atoms with van der Waals surface area (Å²) in [6, 6.07) is 6.78. The number of amides is 2. The summed E-state index contributed by atoms with van der Waals surface area (Å²) in [6.45, 7) is 3.95. The molecule has 0 atom stereocenters. The molecule has 1 heterocycles. The van der Waals surface area contributed by atoms with Crippen molar-refractivity contribution in [2.75, 3.05) is 0 Å². The molecule has 1 aromatic heterocycles. The quantitative estimate of drug-likeness (QED) is 0.740. The van der Waals surface area contributed by atoms with Crippen LogP contribution in [-0.4, -0.2) is 21.5 Å². The van der Waals surface area contributed by atoms with E-state index in [-0.39, 0.29) is 17.9 Å². The zero-order valence-electron chi connectivity index (χ0n) is 13.0. The Morgan fingerprint density at radius 3 is 2.52 bits per heavy atom. The van der Waals surface area contributed by atoms with Gasteiger partial charge < -0.3 is 9.67 Å². The summed E-state index contributed by atoms with van der Waals surface area (Å²) in [5, 5.41) is 10.7. The number of fused-ring (bicyclic) bond motifs is 1. The first-order valence-corrected chi connectivity index (χ1v) is 7.44. The number of para-hydroxylation sites is 1. The molecule has 0 saturated carbocycles. The van der Waals surface area contributed by atoms with Gasteiger partial charge in [0.2, 0.25) is 5.91 Å². The van der Waals surface area contributed by atoms with Crippen LogP contribution in [0, 0.1) is 0 Å². The zero-order chi connectivity index (χ0) is 17.0. The second kappa shape index (κ2) is 6.95. The maximum atomic E-state index is 12.5. The molecule has 0 aliphatic carbocycles. The Morgan fingerprint density at radius 2 is 1.87 bits per heavy atom. The monoisotopic (exact) mass is 317 g/mol. The maximum Gasteiger partial charge on any atom is 0.279 e. The topological polar surface area (TPSA) is 100 Å². The van der Waals surface area contributed by atoms with Gasteiger partial charge in [0.15, 0.2) is 0 Å². The molecular weight excluding hydrogens is 298 g/mol. The van der Waals surface area contributed by atoms with Crippen molar-refractivity contribution in [2.24, 2.45) is 0 Å². The summed E-state index contributed by atoms with van der Waals surface area (Å²) in [4.78, 5) is 36.1. The highest BCUT2D eigenvalue weighted by molar-refractivity contribution is 6.02. The van der Waals surface area contributed by atoms with Crippen LogP contribution >= 0.6 is 0 Å². The molecule has 0 bridgehead atoms. The van der Waals surface area contributed by atoms with Gasteiger partial charge in [-0.15, -0.1) is 0 Å². The highest BCUT2D eigenvalue weighted by Gasteiger charge is 2.21. The van der Waals surface area contributed by atoms with Gasteiger partial charge in [-0.25, -0.2) is 0 Å². The van der Waals surface area contributed by atoms with Crippen molar-refractivity contribution in [1.29, 1.82) is 0 Å². The maximum absolute atomic E-state index is 12.5. The molecule has 2 rings (SSSR count). The van der Waals surface area contributed by atoms with E-state index in [9.17, 15) is 19.5 Å². The van der Waals surface area contributed by atoms with E-state index in [4.69, 9.17) is 0 Å². The first-order chi connectivity index (χ1) is 11.0. The SMILES string of the molecule is CCCC(=O)NNC(=O)c1c(O)c2ccccc2n(CC)c1=O. The van der Waals surface area contributed by atoms with Gasteiger partial charge in [0.05, 0.1) is 5.52 Å². The highest BCUT2D eigenvalue weighted by Crippen LogP contribution is 2.25. The summed E-state index contributed by atoms with van der Waals surface area (Å²) >= 11 is 0. The van der Waals surface area contributed by atoms with E-state index in [1.54, 1.807) is 31.2 Å². The van der Waals surface area contributed by atoms with E-state index < -0.39 is 17.2 Å². The van der Waals surface area contributed by atoms with Crippen LogP contribution in [0.2, 0.25) is 0 Å². The molecule has 0 spiro atoms. The molecule has 0 aliphatic rings. The van der Waals surface area contributed by atoms with Crippen LogP contribution in [0.1, 0.15) is 37.0 Å². The Bertz CT molecular complexity index is 811. The van der Waals surface area contributed by atoms with Crippen molar-refractivity contribution < 1.29 is 14.7 Å². The number of aryl methyl sites for hydroxylation is 1. The number of hydrogen-bond acceptors (Lipinski definition) is 4. The number of hydrogen-bond donors (Lipinski definition) is 3. The van der Waals surface area contributed by atoms with Gasteiger partial charge in [0, 0.05) is 18.4 Å². The van der Waals surface area contributed by atoms with Crippen molar-refractivity contribution in [3.05, 3.63) is 40.2 Å². The minimum Gasteiger partial charge on any atom is -0.506 e. The first-order valence-electron chi connectivity index (χ1n) is 7.44. The van der Waals surface area contributed by atoms with Crippen molar-refractivity contribution in [3.8, 4) is 5.75 Å². The third-order valence-electron chi connectivity index (χ3n) is 3.48. The number of benzene rings is 1. The third kappa shape index (κ3) is 3.18. The summed E-state index contributed by atoms with van der Waals surface area (Å²) in [6.07, 6.45) is 0.884. The number of nitrogens with one attached hydrogen (secondary N) is 2. The van der Waals surface area contributed by atoms with E-state index in [2.05, 4.69) is 10.9 Å². The van der Waals surface area contributed by atoms with E-state index in [0.29, 0.717) is 23.9 Å². The Balaban J connectivity index is 2.46. The van der Waals surface area contributed by atoms with E-state index in [1.165, 1.54) is 4.57 Å². The van der Waals surface area contributed by atoms with Crippen LogP contribution in [0.15, 0.2) is 29.1 Å². The minimum atomic E-state index is -0.843. The van der Waals surface area contributed by atoms with Gasteiger partial charge in [-0.05, 0) is 25.5 Å². The van der Waals surface area contributed by atoms with Crippen LogP contribution in [0.25, 0.3) is 10.9 Å². The number of hydrazine groups is 1. The fourth-order valence-electron chi connectivity index (χ4n) is 2.39. The molecule has 0 aliphatic heterocycles. The van der Waals surface area contributed by atoms with Crippen LogP contribution in [-0.2, 0) is 11.3 Å². The summed E-state index contributed by atoms with van der Waals surface area (Å²) < 4.78 is 1.40. The lowest BCUT2D eigenvalue weighted by molar-refractivity contribution is -0.121. The number of aromatic hydroxyl groups is 1. The Labute approximate surface area is 132 Å². The second-order valence-corrected chi connectivity index (χ2v) is 5.04. The molecule has 0 fully saturated rings. The van der Waals surface area contributed by atoms with Crippen molar-refractivity contribution >= 4 is 22.7 Å². The van der Waals surface area contributed by atoms with Gasteiger partial charge in [0.25, 0.3) is 11.5 Å². The molecular formula is C16H19N3O4. The summed E-state index contributed by atoms with van der Waals surface area (Å²) in [5.74, 6) is -1.60. The molecule has 2 amide bonds. The fraction of sp³-hybridized carbons (Fsp3) is 0.312. The van der Waals surface area contributed by atoms with Crippen molar-refractivity contribution in [2.45, 2.75) is 33.2 Å². The molecule has 7 nitrogen and oxygen atoms in total. The summed E-state index contributed by atoms with van der Waals surface area (Å²) in [7, 11) is 0. The van der Waals surface area contributed by atoms with E-state index >= 15 is 0 Å². The lowest BCUT2D eigenvalue weighted by Gasteiger charge is -2.13. The van der Waals surface area contributed by atoms with Gasteiger partial charge in [-0.2, -0.15) is 0 Å². The number of pyridine rings is 1. The van der Waals surface area contributed by atoms with Crippen LogP contribution in [0.5, 0.6) is 5.75 Å². The van der Waals surface area contributed by atoms with E-state index in [0.717, 1.165) is 0 Å². The number of carbonyl (C=O) groups is 2. The Kier molecular flexibility index (Phi) is 5.00. The summed E-state index contributed by atoms with van der Waals surface area (Å²) in [5.41, 5.74) is 3.95. The van der Waals surface area contributed by atoms with Gasteiger partial charge in [-0.3, -0.25) is 25.2 Å². The molecule has 3 N–H and O–H groups in total. The molecule has 1 aromatic carbocycles. The van der Waals surface area contributed by atoms with Gasteiger partial charge in [0.1, 0.15) is 11.3 Å². The predicted molar refractivity (Wildman–Crippen MR) is 86.1 cm³/mol. The second-order valence-electron chi connectivity index (χ2n) is 5.04. The third-order valence-corrected chi connectivity index (χ3v) is 3.48. The van der Waals surface area contributed by atoms with Crippen molar-refractivity contribution in [3.63, 3.8) is 0 Å². The van der Waals surface area contributed by atoms with Crippen LogP contribution in [0.4, 0.5) is 0 Å². The minimum absolute atomic E-state index is 0.253. The molecule has 0 radical (unpaired) electrons. The number of carbonyl (C=O) groups excluding carboxylic acids is 2. The van der Waals surface area contributed by atoms with Crippen LogP contribution < -0.4 is 16.4 Å². The van der Waals surface area contributed by atoms with Gasteiger partial charge in [-0.1, -0.05) is 19.1 Å². The van der Waals surface area contributed by atoms with Gasteiger partial charge >= 0.3 is 0 Å². The average molecular weight is 317 g/mol. The molecule has 0 unspecified atom stereocenters. The number of rotatable bonds is 4. The lowest BCUT2D eigenvalue weighted by atomic mass is 10.1. The molecule has 0 saturated heterocycles. The highest BCUT2D eigenvalue weighted by atomic mass is 16.3. The Hall–Kier alpha value is -2.83. The van der Waals surface area contributed by atoms with E-state index in [1.807, 2.05) is 6.92 Å². The molecule has 2 aromatic rings. The number of aromatic nitrogens is 1. The molecule has 23 heavy (non-hydrogen) atoms. The van der Waals surface area contributed by atoms with Crippen molar-refractivity contribution in [1.82, 2.24) is 15.4 Å². The molecule has 122 valence electrons. The lowest BCUT2D eigenvalue weighted by Crippen LogP contribution is -2.44. The normalized spacial score (nSPS) is 10.5. The number of nitrogens with zero attached hydrogens (tertiary/aromatic N) is 1. The Morgan fingerprint density at radius 1 is 1.17 bits per heavy atom.